The molecule has 0 spiro atoms. The van der Waals surface area contributed by atoms with Crippen molar-refractivity contribution in [2.24, 2.45) is 0 Å². The van der Waals surface area contributed by atoms with Crippen LogP contribution < -0.4 is 0 Å². The fourth-order valence-electron chi connectivity index (χ4n) is 0.0445. The quantitative estimate of drug-likeness (QED) is 0.465. The molecule has 0 aromatic heterocycles. The Morgan fingerprint density at radius 3 is 2.33 bits per heavy atom. The molecule has 0 aromatic rings. The molecule has 0 saturated carbocycles. The standard InChI is InChI=1S/C3H6ClOSe/c4-1-3(5)2-6/h3,5H,1-2H2/t3-/m1/s1. The Labute approximate surface area is 50.5 Å². The van der Waals surface area contributed by atoms with Gasteiger partial charge in [0.1, 0.15) is 0 Å². The monoisotopic (exact) mass is 173 g/mol. The molecule has 1 atom stereocenters. The van der Waals surface area contributed by atoms with Crippen LogP contribution in [0.3, 0.4) is 0 Å². The number of hydrogen-bond donors (Lipinski definition) is 1. The van der Waals surface area contributed by atoms with Crippen LogP contribution in [0.2, 0.25) is 5.32 Å². The normalized spacial score (nSPS) is 14.5. The Morgan fingerprint density at radius 2 is 2.33 bits per heavy atom. The van der Waals surface area contributed by atoms with Crippen LogP contribution in [-0.4, -0.2) is 33.1 Å². The molecule has 0 saturated heterocycles. The predicted octanol–water partition coefficient (Wildman–Crippen LogP) is 0.173. The first-order chi connectivity index (χ1) is 2.81. The van der Waals surface area contributed by atoms with E-state index < -0.39 is 0 Å². The summed E-state index contributed by atoms with van der Waals surface area (Å²) < 4.78 is 0. The van der Waals surface area contributed by atoms with Crippen molar-refractivity contribution < 1.29 is 5.11 Å². The average Bonchev–Trinajstić information content (AvgIpc) is 1.65. The SMILES string of the molecule is O[C@H](CCl)C[Se]. The van der Waals surface area contributed by atoms with Gasteiger partial charge in [-0.3, -0.25) is 0 Å². The molecule has 0 aliphatic heterocycles. The number of halogens is 1. The molecule has 0 aliphatic carbocycles. The zero-order valence-corrected chi connectivity index (χ0v) is 5.69. The molecule has 0 amide bonds. The number of alkyl halides is 1. The van der Waals surface area contributed by atoms with Crippen LogP contribution >= 0.6 is 11.6 Å². The van der Waals surface area contributed by atoms with E-state index in [2.05, 4.69) is 16.0 Å². The Hall–Kier alpha value is 0.769. The van der Waals surface area contributed by atoms with Crippen LogP contribution in [0.4, 0.5) is 0 Å². The average molecular weight is 172 g/mol. The van der Waals surface area contributed by atoms with Gasteiger partial charge in [0.2, 0.25) is 0 Å². The summed E-state index contributed by atoms with van der Waals surface area (Å²) in [6, 6.07) is 0. The van der Waals surface area contributed by atoms with Crippen molar-refractivity contribution in [3.63, 3.8) is 0 Å². The van der Waals surface area contributed by atoms with Gasteiger partial charge in [0.25, 0.3) is 0 Å². The van der Waals surface area contributed by atoms with E-state index in [0.29, 0.717) is 11.2 Å². The molecule has 1 nitrogen and oxygen atoms in total. The molecule has 1 radical (unpaired) electrons. The first-order valence-electron chi connectivity index (χ1n) is 1.63. The molecule has 6 heavy (non-hydrogen) atoms. The Bertz CT molecular complexity index is 30.0. The Kier molecular flexibility index (Phi) is 4.45. The van der Waals surface area contributed by atoms with E-state index in [9.17, 15) is 0 Å². The third-order valence-corrected chi connectivity index (χ3v) is 1.53. The first kappa shape index (κ1) is 6.77. The van der Waals surface area contributed by atoms with Gasteiger partial charge < -0.3 is 0 Å². The van der Waals surface area contributed by atoms with Crippen molar-refractivity contribution in [3.8, 4) is 0 Å². The van der Waals surface area contributed by atoms with E-state index in [1.165, 1.54) is 0 Å². The molecule has 0 rings (SSSR count). The summed E-state index contributed by atoms with van der Waals surface area (Å²) in [4.78, 5) is 0. The van der Waals surface area contributed by atoms with E-state index in [1.54, 1.807) is 0 Å². The summed E-state index contributed by atoms with van der Waals surface area (Å²) in [5, 5.41) is 9.13. The van der Waals surface area contributed by atoms with E-state index in [-0.39, 0.29) is 6.10 Å². The molecule has 0 unspecified atom stereocenters. The molecule has 0 heterocycles. The Morgan fingerprint density at radius 1 is 1.83 bits per heavy atom. The summed E-state index contributed by atoms with van der Waals surface area (Å²) in [5.74, 6) is 0.326. The van der Waals surface area contributed by atoms with Gasteiger partial charge in [-0.2, -0.15) is 0 Å². The molecular weight excluding hydrogens is 166 g/mol. The number of hydrogen-bond acceptors (Lipinski definition) is 1. The van der Waals surface area contributed by atoms with Crippen LogP contribution in [-0.2, 0) is 0 Å². The van der Waals surface area contributed by atoms with Crippen LogP contribution in [0.1, 0.15) is 0 Å². The minimum atomic E-state index is -0.355. The van der Waals surface area contributed by atoms with E-state index in [4.69, 9.17) is 16.7 Å². The van der Waals surface area contributed by atoms with Gasteiger partial charge in [-0.1, -0.05) is 0 Å². The van der Waals surface area contributed by atoms with Crippen LogP contribution in [0, 0.1) is 0 Å². The fourth-order valence-corrected chi connectivity index (χ4v) is 0.694. The van der Waals surface area contributed by atoms with Gasteiger partial charge in [-0.15, -0.1) is 0 Å². The molecule has 3 heteroatoms. The number of aliphatic hydroxyl groups is 1. The van der Waals surface area contributed by atoms with Gasteiger partial charge in [-0.25, -0.2) is 0 Å². The van der Waals surface area contributed by atoms with Crippen LogP contribution in [0.15, 0.2) is 0 Å². The second kappa shape index (κ2) is 3.94. The van der Waals surface area contributed by atoms with Crippen molar-refractivity contribution in [2.45, 2.75) is 11.4 Å². The van der Waals surface area contributed by atoms with Crippen molar-refractivity contribution in [2.75, 3.05) is 5.88 Å². The molecule has 1 N–H and O–H groups in total. The molecule has 0 aliphatic rings. The summed E-state index contributed by atoms with van der Waals surface area (Å²) in [6.07, 6.45) is -0.355. The third kappa shape index (κ3) is 2.98. The summed E-state index contributed by atoms with van der Waals surface area (Å²) in [5.41, 5.74) is 0. The van der Waals surface area contributed by atoms with E-state index >= 15 is 0 Å². The van der Waals surface area contributed by atoms with Crippen molar-refractivity contribution >= 4 is 27.6 Å². The second-order valence-electron chi connectivity index (χ2n) is 0.975. The first-order valence-corrected chi connectivity index (χ1v) is 3.38. The third-order valence-electron chi connectivity index (χ3n) is 0.371. The zero-order chi connectivity index (χ0) is 4.99. The molecule has 0 aromatic carbocycles. The van der Waals surface area contributed by atoms with Crippen LogP contribution in [0.25, 0.3) is 0 Å². The zero-order valence-electron chi connectivity index (χ0n) is 3.22. The van der Waals surface area contributed by atoms with E-state index in [1.807, 2.05) is 0 Å². The van der Waals surface area contributed by atoms with Gasteiger partial charge in [0, 0.05) is 0 Å². The topological polar surface area (TPSA) is 20.2 Å². The fraction of sp³-hybridized carbons (Fsp3) is 1.00. The van der Waals surface area contributed by atoms with Gasteiger partial charge >= 0.3 is 50.0 Å². The second-order valence-corrected chi connectivity index (χ2v) is 1.98. The maximum atomic E-state index is 8.50. The molecule has 37 valence electrons. The summed E-state index contributed by atoms with van der Waals surface area (Å²) >= 11 is 7.84. The van der Waals surface area contributed by atoms with Gasteiger partial charge in [-0.05, 0) is 0 Å². The molecule has 0 bridgehead atoms. The summed E-state index contributed by atoms with van der Waals surface area (Å²) in [6.45, 7) is 0. The number of aliphatic hydroxyl groups excluding tert-OH is 1. The van der Waals surface area contributed by atoms with Gasteiger partial charge in [0.05, 0.1) is 0 Å². The minimum absolute atomic E-state index is 0.326. The van der Waals surface area contributed by atoms with Crippen LogP contribution in [0.5, 0.6) is 0 Å². The van der Waals surface area contributed by atoms with E-state index in [0.717, 1.165) is 0 Å². The maximum absolute atomic E-state index is 8.50. The van der Waals surface area contributed by atoms with Crippen molar-refractivity contribution in [3.05, 3.63) is 0 Å². The predicted molar refractivity (Wildman–Crippen MR) is 27.3 cm³/mol. The van der Waals surface area contributed by atoms with Crippen molar-refractivity contribution in [1.82, 2.24) is 0 Å². The molecule has 0 fully saturated rings. The Balaban J connectivity index is 2.75. The van der Waals surface area contributed by atoms with Gasteiger partial charge in [0.15, 0.2) is 0 Å². The number of rotatable bonds is 2. The summed E-state index contributed by atoms with van der Waals surface area (Å²) in [7, 11) is 0. The van der Waals surface area contributed by atoms with Crippen molar-refractivity contribution in [1.29, 1.82) is 0 Å². The molecular formula is C3H6ClOSe.